The maximum absolute atomic E-state index is 12.1. The fourth-order valence-electron chi connectivity index (χ4n) is 2.84. The molecule has 3 heterocycles. The number of nitrogens with zero attached hydrogens (tertiary/aromatic N) is 6. The van der Waals surface area contributed by atoms with E-state index >= 15 is 0 Å². The number of hydrogen-bond donors (Lipinski definition) is 0. The summed E-state index contributed by atoms with van der Waals surface area (Å²) >= 11 is 0. The Kier molecular flexibility index (Phi) is 4.69. The van der Waals surface area contributed by atoms with Crippen molar-refractivity contribution in [1.82, 2.24) is 9.80 Å². The molecule has 0 aromatic heterocycles. The van der Waals surface area contributed by atoms with Crippen LogP contribution in [-0.4, -0.2) is 52.3 Å². The van der Waals surface area contributed by atoms with Gasteiger partial charge in [-0.3, -0.25) is 4.79 Å². The van der Waals surface area contributed by atoms with E-state index in [-0.39, 0.29) is 5.91 Å². The monoisotopic (exact) mass is 326 g/mol. The largest absolute Gasteiger partial charge is 0.343 e. The van der Waals surface area contributed by atoms with Gasteiger partial charge in [0.25, 0.3) is 0 Å². The van der Waals surface area contributed by atoms with Gasteiger partial charge in [0.1, 0.15) is 23.3 Å². The summed E-state index contributed by atoms with van der Waals surface area (Å²) in [6, 6.07) is 0. The minimum Gasteiger partial charge on any atom is -0.343 e. The molecule has 24 heavy (non-hydrogen) atoms. The normalized spacial score (nSPS) is 18.1. The molecule has 0 fully saturated rings. The lowest BCUT2D eigenvalue weighted by molar-refractivity contribution is -0.130. The summed E-state index contributed by atoms with van der Waals surface area (Å²) in [7, 11) is 0. The van der Waals surface area contributed by atoms with Crippen molar-refractivity contribution in [1.29, 1.82) is 0 Å². The van der Waals surface area contributed by atoms with Gasteiger partial charge in [-0.05, 0) is 39.3 Å². The van der Waals surface area contributed by atoms with Crippen molar-refractivity contribution in [2.75, 3.05) is 13.1 Å². The van der Waals surface area contributed by atoms with Crippen LogP contribution in [0.15, 0.2) is 44.0 Å². The van der Waals surface area contributed by atoms with E-state index in [1.54, 1.807) is 0 Å². The van der Waals surface area contributed by atoms with Crippen molar-refractivity contribution in [3.05, 3.63) is 24.0 Å². The average molecular weight is 326 g/mol. The number of amidine groups is 3. The van der Waals surface area contributed by atoms with Crippen LogP contribution in [0.2, 0.25) is 0 Å². The van der Waals surface area contributed by atoms with E-state index in [0.717, 1.165) is 31.2 Å². The van der Waals surface area contributed by atoms with Crippen molar-refractivity contribution >= 4 is 29.4 Å². The van der Waals surface area contributed by atoms with Gasteiger partial charge in [0.05, 0.1) is 0 Å². The molecule has 0 aromatic rings. The van der Waals surface area contributed by atoms with Crippen LogP contribution in [0.5, 0.6) is 0 Å². The lowest BCUT2D eigenvalue weighted by Crippen LogP contribution is -2.41. The van der Waals surface area contributed by atoms with Crippen LogP contribution < -0.4 is 0 Å². The smallest absolute Gasteiger partial charge is 0.240 e. The Morgan fingerprint density at radius 3 is 2.71 bits per heavy atom. The first-order valence-electron chi connectivity index (χ1n) is 8.39. The minimum absolute atomic E-state index is 0.187. The summed E-state index contributed by atoms with van der Waals surface area (Å²) in [5, 5.41) is 0. The number of guanidine groups is 1. The maximum Gasteiger partial charge on any atom is 0.240 e. The van der Waals surface area contributed by atoms with Crippen LogP contribution in [0.4, 0.5) is 0 Å². The van der Waals surface area contributed by atoms with Gasteiger partial charge in [0.2, 0.25) is 11.9 Å². The second kappa shape index (κ2) is 6.90. The highest BCUT2D eigenvalue weighted by atomic mass is 16.2. The molecule has 3 aliphatic rings. The highest BCUT2D eigenvalue weighted by molar-refractivity contribution is 6.20. The average Bonchev–Trinajstić information content (AvgIpc) is 2.55. The Hall–Kier alpha value is -2.57. The Bertz CT molecular complexity index is 721. The quantitative estimate of drug-likeness (QED) is 0.751. The molecule has 3 aliphatic heterocycles. The van der Waals surface area contributed by atoms with Gasteiger partial charge >= 0.3 is 0 Å². The zero-order valence-corrected chi connectivity index (χ0v) is 14.4. The van der Waals surface area contributed by atoms with Gasteiger partial charge in [-0.25, -0.2) is 14.9 Å². The highest BCUT2D eigenvalue weighted by Gasteiger charge is 2.29. The number of carbonyl (C=O) groups excluding carboxylic acids is 1. The molecule has 0 bridgehead atoms. The fraction of sp³-hybridized carbons (Fsp3) is 0.471. The summed E-state index contributed by atoms with van der Waals surface area (Å²) < 4.78 is 0. The van der Waals surface area contributed by atoms with Gasteiger partial charge in [-0.1, -0.05) is 6.08 Å². The molecule has 126 valence electrons. The second-order valence-electron chi connectivity index (χ2n) is 5.71. The Morgan fingerprint density at radius 1 is 1.17 bits per heavy atom. The van der Waals surface area contributed by atoms with E-state index in [1.807, 2.05) is 48.8 Å². The maximum atomic E-state index is 12.1. The van der Waals surface area contributed by atoms with Crippen LogP contribution >= 0.6 is 0 Å². The third kappa shape index (κ3) is 3.20. The SMILES string of the molecule is CCN(CC)C(=O)CCCC1=NC2=CC=CC3=NC(C)=NC(=N1)N23. The molecule has 7 nitrogen and oxygen atoms in total. The van der Waals surface area contributed by atoms with Gasteiger partial charge in [-0.15, -0.1) is 0 Å². The molecule has 7 heteroatoms. The summed E-state index contributed by atoms with van der Waals surface area (Å²) in [5.74, 6) is 3.76. The number of allylic oxidation sites excluding steroid dienone is 2. The molecule has 0 aliphatic carbocycles. The summed E-state index contributed by atoms with van der Waals surface area (Å²) in [4.78, 5) is 33.7. The molecule has 0 unspecified atom stereocenters. The second-order valence-corrected chi connectivity index (χ2v) is 5.71. The third-order valence-corrected chi connectivity index (χ3v) is 4.07. The van der Waals surface area contributed by atoms with E-state index in [1.165, 1.54) is 0 Å². The Labute approximate surface area is 141 Å². The van der Waals surface area contributed by atoms with Crippen LogP contribution in [-0.2, 0) is 4.79 Å². The number of carbonyl (C=O) groups is 1. The van der Waals surface area contributed by atoms with E-state index in [0.29, 0.717) is 30.5 Å². The van der Waals surface area contributed by atoms with Gasteiger partial charge in [0.15, 0.2) is 0 Å². The summed E-state index contributed by atoms with van der Waals surface area (Å²) in [5.41, 5.74) is 0. The van der Waals surface area contributed by atoms with Crippen molar-refractivity contribution in [3.8, 4) is 0 Å². The first kappa shape index (κ1) is 16.3. The Balaban J connectivity index is 1.68. The topological polar surface area (TPSA) is 73.0 Å². The summed E-state index contributed by atoms with van der Waals surface area (Å²) in [6.45, 7) is 7.36. The molecular formula is C17H22N6O. The Morgan fingerprint density at radius 2 is 1.96 bits per heavy atom. The lowest BCUT2D eigenvalue weighted by Gasteiger charge is -2.30. The number of aliphatic imine (C=N–C) groups is 4. The molecular weight excluding hydrogens is 304 g/mol. The predicted molar refractivity (Wildman–Crippen MR) is 96.3 cm³/mol. The van der Waals surface area contributed by atoms with Gasteiger partial charge < -0.3 is 4.90 Å². The first-order valence-corrected chi connectivity index (χ1v) is 8.39. The van der Waals surface area contributed by atoms with Crippen LogP contribution in [0.1, 0.15) is 40.0 Å². The van der Waals surface area contributed by atoms with E-state index in [9.17, 15) is 4.79 Å². The number of rotatable bonds is 6. The molecule has 0 N–H and O–H groups in total. The summed E-state index contributed by atoms with van der Waals surface area (Å²) in [6.07, 6.45) is 7.68. The van der Waals surface area contributed by atoms with Crippen LogP contribution in [0.25, 0.3) is 0 Å². The molecule has 0 atom stereocenters. The molecule has 0 spiro atoms. The fourth-order valence-corrected chi connectivity index (χ4v) is 2.84. The molecule has 3 rings (SSSR count). The van der Waals surface area contributed by atoms with Crippen molar-refractivity contribution in [3.63, 3.8) is 0 Å². The highest BCUT2D eigenvalue weighted by Crippen LogP contribution is 2.23. The first-order chi connectivity index (χ1) is 11.6. The van der Waals surface area contributed by atoms with E-state index in [4.69, 9.17) is 0 Å². The van der Waals surface area contributed by atoms with Gasteiger partial charge in [-0.2, -0.15) is 9.98 Å². The molecule has 0 saturated carbocycles. The van der Waals surface area contributed by atoms with Crippen molar-refractivity contribution in [2.45, 2.75) is 40.0 Å². The third-order valence-electron chi connectivity index (χ3n) is 4.07. The van der Waals surface area contributed by atoms with E-state index < -0.39 is 0 Å². The number of amides is 1. The molecule has 1 amide bonds. The number of hydrogen-bond acceptors (Lipinski definition) is 6. The zero-order chi connectivity index (χ0) is 17.1. The predicted octanol–water partition coefficient (Wildman–Crippen LogP) is 2.34. The molecule has 0 radical (unpaired) electrons. The minimum atomic E-state index is 0.187. The van der Waals surface area contributed by atoms with Crippen molar-refractivity contribution < 1.29 is 4.79 Å². The molecule has 0 saturated heterocycles. The zero-order valence-electron chi connectivity index (χ0n) is 14.4. The lowest BCUT2D eigenvalue weighted by atomic mass is 10.2. The van der Waals surface area contributed by atoms with E-state index in [2.05, 4.69) is 20.0 Å². The van der Waals surface area contributed by atoms with Gasteiger partial charge in [0, 0.05) is 25.9 Å². The standard InChI is InChI=1S/C17H22N6O/c1-4-22(5-2)16(24)11-6-8-13-20-15-10-7-9-14-18-12(3)19-17(21-13)23(14)15/h7,9-10H,4-6,8,11H2,1-3H3. The van der Waals surface area contributed by atoms with Crippen LogP contribution in [0, 0.1) is 0 Å². The van der Waals surface area contributed by atoms with Crippen LogP contribution in [0.3, 0.4) is 0 Å². The van der Waals surface area contributed by atoms with Crippen molar-refractivity contribution in [2.24, 2.45) is 20.0 Å². The molecule has 0 aromatic carbocycles.